The molecule has 3 aromatic heterocycles. The first kappa shape index (κ1) is 62.9. The molecule has 6 nitrogen and oxygen atoms in total. The van der Waals surface area contributed by atoms with E-state index in [1.54, 1.807) is 0 Å². The standard InChI is InChI=1S/C88H96N4O2/c1-81(2,3)55-34-38-71(60(48-55)52-32-36-65-67(46-52)87(17,18)42-40-85(65,13)14)91-73-29-23-22-28-70(73)89-80(91)64-45-54(44-62-59-26-21-24-31-75(59)94-78(62)64)58-27-25-30-74-76(58)90-79(63-50-57(83(7,8)9)51-69(77(63)93)84(10,11)12)92(74)72-39-35-56(82(4,5)6)49-61(72)53-33-37-66-68(47-53)88(19,20)43-41-86(66,15)16/h21-39,44-51,93H,40-43H2,1-20H3. The Labute approximate surface area is 558 Å². The number of phenols is 1. The van der Waals surface area contributed by atoms with Gasteiger partial charge in [-0.25, -0.2) is 9.97 Å². The van der Waals surface area contributed by atoms with Crippen molar-refractivity contribution in [1.82, 2.24) is 19.1 Å². The Balaban J connectivity index is 1.07. The number of fused-ring (bicyclic) bond motifs is 7. The van der Waals surface area contributed by atoms with Crippen molar-refractivity contribution >= 4 is 44.0 Å². The van der Waals surface area contributed by atoms with Crippen LogP contribution in [-0.2, 0) is 43.3 Å². The number of benzene rings is 9. The average Bonchev–Trinajstić information content (AvgIpc) is 1.45. The molecule has 0 amide bonds. The van der Waals surface area contributed by atoms with Crippen LogP contribution < -0.4 is 0 Å². The summed E-state index contributed by atoms with van der Waals surface area (Å²) in [5.74, 6) is 1.71. The Morgan fingerprint density at radius 3 is 1.43 bits per heavy atom. The minimum Gasteiger partial charge on any atom is -0.507 e. The fourth-order valence-corrected chi connectivity index (χ4v) is 15.5. The van der Waals surface area contributed by atoms with Gasteiger partial charge in [-0.05, 0) is 191 Å². The molecule has 0 aliphatic heterocycles. The molecule has 0 spiro atoms. The molecule has 0 unspecified atom stereocenters. The second-order valence-electron chi connectivity index (χ2n) is 34.6. The first-order chi connectivity index (χ1) is 44.0. The highest BCUT2D eigenvalue weighted by atomic mass is 16.3. The van der Waals surface area contributed by atoms with E-state index in [2.05, 4.69) is 311 Å². The van der Waals surface area contributed by atoms with Gasteiger partial charge in [-0.1, -0.05) is 236 Å². The number of furan rings is 1. The second kappa shape index (κ2) is 21.3. The zero-order chi connectivity index (χ0) is 66.9. The lowest BCUT2D eigenvalue weighted by atomic mass is 9.63. The lowest BCUT2D eigenvalue weighted by Crippen LogP contribution is -2.33. The van der Waals surface area contributed by atoms with Gasteiger partial charge in [-0.2, -0.15) is 0 Å². The maximum Gasteiger partial charge on any atom is 0.149 e. The van der Waals surface area contributed by atoms with Crippen LogP contribution in [0, 0.1) is 0 Å². The largest absolute Gasteiger partial charge is 0.507 e. The molecule has 3 heterocycles. The highest BCUT2D eigenvalue weighted by Gasteiger charge is 2.40. The Morgan fingerprint density at radius 2 is 0.872 bits per heavy atom. The minimum atomic E-state index is -0.384. The summed E-state index contributed by atoms with van der Waals surface area (Å²) in [6.07, 6.45) is 4.54. The topological polar surface area (TPSA) is 69.0 Å². The maximum absolute atomic E-state index is 13.1. The summed E-state index contributed by atoms with van der Waals surface area (Å²) in [4.78, 5) is 11.7. The summed E-state index contributed by atoms with van der Waals surface area (Å²) in [5.41, 5.74) is 24.9. The Kier molecular flexibility index (Phi) is 14.2. The smallest absolute Gasteiger partial charge is 0.149 e. The second-order valence-corrected chi connectivity index (χ2v) is 34.6. The SMILES string of the molecule is CC(C)(C)c1ccc(-n2c(-c3cc(-c4cccc5c4nc(-c4cc(C(C)(C)C)cc(C(C)(C)C)c4O)n5-c4ccc(C(C)(C)C)cc4-c4ccc5c(c4)C(C)(C)CCC5(C)C)cc4c3oc3ccccc34)nc3ccccc32)c(-c2ccc3c(c2)C(C)(C)CCC3(C)C)c1. The summed E-state index contributed by atoms with van der Waals surface area (Å²) in [7, 11) is 0. The molecule has 0 saturated carbocycles. The first-order valence-electron chi connectivity index (χ1n) is 34.4. The molecule has 2 aliphatic rings. The number of imidazole rings is 2. The molecule has 6 heteroatoms. The third-order valence-electron chi connectivity index (χ3n) is 21.8. The van der Waals surface area contributed by atoms with Gasteiger partial charge < -0.3 is 9.52 Å². The van der Waals surface area contributed by atoms with Gasteiger partial charge in [-0.3, -0.25) is 9.13 Å². The van der Waals surface area contributed by atoms with Crippen molar-refractivity contribution in [3.8, 4) is 73.3 Å². The van der Waals surface area contributed by atoms with E-state index in [1.807, 2.05) is 0 Å². The van der Waals surface area contributed by atoms with Crippen LogP contribution in [0.3, 0.4) is 0 Å². The van der Waals surface area contributed by atoms with E-state index in [1.165, 1.54) is 38.9 Å². The number of hydrogen-bond donors (Lipinski definition) is 1. The van der Waals surface area contributed by atoms with E-state index in [4.69, 9.17) is 14.4 Å². The molecular formula is C88H96N4O2. The number of nitrogens with zero attached hydrogens (tertiary/aromatic N) is 4. The molecule has 9 aromatic carbocycles. The fourth-order valence-electron chi connectivity index (χ4n) is 15.5. The van der Waals surface area contributed by atoms with Gasteiger partial charge in [0.2, 0.25) is 0 Å². The molecule has 480 valence electrons. The van der Waals surface area contributed by atoms with Gasteiger partial charge in [0.25, 0.3) is 0 Å². The summed E-state index contributed by atoms with van der Waals surface area (Å²) in [5, 5.41) is 15.1. The molecule has 14 rings (SSSR count). The molecule has 1 N–H and O–H groups in total. The predicted molar refractivity (Wildman–Crippen MR) is 397 cm³/mol. The Bertz CT molecular complexity index is 5070. The van der Waals surface area contributed by atoms with Crippen LogP contribution in [0.5, 0.6) is 5.75 Å². The van der Waals surface area contributed by atoms with Gasteiger partial charge in [0.1, 0.15) is 28.6 Å². The summed E-state index contributed by atoms with van der Waals surface area (Å²) in [6.45, 7) is 46.5. The molecule has 0 saturated heterocycles. The number of rotatable bonds is 7. The number of aromatic nitrogens is 4. The maximum atomic E-state index is 13.1. The van der Waals surface area contributed by atoms with Crippen molar-refractivity contribution in [2.75, 3.05) is 0 Å². The van der Waals surface area contributed by atoms with Gasteiger partial charge in [-0.15, -0.1) is 0 Å². The lowest BCUT2D eigenvalue weighted by molar-refractivity contribution is 0.332. The summed E-state index contributed by atoms with van der Waals surface area (Å²) < 4.78 is 11.9. The quantitative estimate of drug-likeness (QED) is 0.173. The third kappa shape index (κ3) is 10.4. The number of phenolic OH excluding ortho intramolecular Hbond substituents is 1. The van der Waals surface area contributed by atoms with Crippen molar-refractivity contribution in [2.24, 2.45) is 0 Å². The van der Waals surface area contributed by atoms with E-state index in [-0.39, 0.29) is 49.1 Å². The van der Waals surface area contributed by atoms with Gasteiger partial charge in [0, 0.05) is 33.0 Å². The molecule has 0 radical (unpaired) electrons. The van der Waals surface area contributed by atoms with Gasteiger partial charge in [0.05, 0.1) is 44.6 Å². The van der Waals surface area contributed by atoms with Crippen LogP contribution in [-0.4, -0.2) is 24.2 Å². The monoisotopic (exact) mass is 1240 g/mol. The lowest BCUT2D eigenvalue weighted by Gasteiger charge is -2.42. The highest BCUT2D eigenvalue weighted by molar-refractivity contribution is 6.12. The highest BCUT2D eigenvalue weighted by Crippen LogP contribution is 2.53. The van der Waals surface area contributed by atoms with Crippen molar-refractivity contribution in [1.29, 1.82) is 0 Å². The van der Waals surface area contributed by atoms with Crippen LogP contribution >= 0.6 is 0 Å². The minimum absolute atomic E-state index is 0.00713. The Morgan fingerprint density at radius 1 is 0.383 bits per heavy atom. The molecule has 0 fully saturated rings. The first-order valence-corrected chi connectivity index (χ1v) is 34.4. The molecule has 94 heavy (non-hydrogen) atoms. The third-order valence-corrected chi connectivity index (χ3v) is 21.8. The van der Waals surface area contributed by atoms with Crippen molar-refractivity contribution < 1.29 is 9.52 Å². The van der Waals surface area contributed by atoms with Crippen LogP contribution in [0.1, 0.15) is 209 Å². The van der Waals surface area contributed by atoms with Crippen molar-refractivity contribution in [2.45, 2.75) is 207 Å². The van der Waals surface area contributed by atoms with Crippen LogP contribution in [0.4, 0.5) is 0 Å². The van der Waals surface area contributed by atoms with Gasteiger partial charge >= 0.3 is 0 Å². The molecule has 0 atom stereocenters. The summed E-state index contributed by atoms with van der Waals surface area (Å²) >= 11 is 0. The van der Waals surface area contributed by atoms with Crippen molar-refractivity contribution in [3.63, 3.8) is 0 Å². The number of para-hydroxylation sites is 4. The normalized spacial score (nSPS) is 16.3. The predicted octanol–water partition coefficient (Wildman–Crippen LogP) is 24.2. The summed E-state index contributed by atoms with van der Waals surface area (Å²) in [6, 6.07) is 61.4. The van der Waals surface area contributed by atoms with E-state index in [9.17, 15) is 5.11 Å². The molecule has 12 aromatic rings. The zero-order valence-electron chi connectivity index (χ0n) is 59.6. The average molecular weight is 1240 g/mol. The zero-order valence-corrected chi connectivity index (χ0v) is 59.6. The molecule has 2 aliphatic carbocycles. The van der Waals surface area contributed by atoms with E-state index < -0.39 is 0 Å². The fraction of sp³-hybridized carbons (Fsp3) is 0.364. The Hall–Kier alpha value is -8.48. The van der Waals surface area contributed by atoms with E-state index in [0.717, 1.165) is 131 Å². The van der Waals surface area contributed by atoms with Crippen LogP contribution in [0.2, 0.25) is 0 Å². The van der Waals surface area contributed by atoms with E-state index in [0.29, 0.717) is 11.4 Å². The van der Waals surface area contributed by atoms with Crippen LogP contribution in [0.15, 0.2) is 168 Å². The van der Waals surface area contributed by atoms with E-state index >= 15 is 0 Å². The van der Waals surface area contributed by atoms with Crippen molar-refractivity contribution in [3.05, 3.63) is 208 Å². The molecular weight excluding hydrogens is 1140 g/mol. The number of aromatic hydroxyl groups is 1. The number of hydrogen-bond acceptors (Lipinski definition) is 4. The molecule has 0 bridgehead atoms. The van der Waals surface area contributed by atoms with Gasteiger partial charge in [0.15, 0.2) is 0 Å². The van der Waals surface area contributed by atoms with Crippen LogP contribution in [0.25, 0.3) is 112 Å².